The van der Waals surface area contributed by atoms with E-state index in [0.29, 0.717) is 31.0 Å². The number of nitrogens with zero attached hydrogens (tertiary/aromatic N) is 3. The highest BCUT2D eigenvalue weighted by Crippen LogP contribution is 2.30. The molecule has 2 aliphatic heterocycles. The molecule has 6 nitrogen and oxygen atoms in total. The van der Waals surface area contributed by atoms with Crippen molar-refractivity contribution in [1.29, 1.82) is 0 Å². The molecule has 2 heterocycles. The molecule has 9 heteroatoms. The minimum atomic E-state index is -3.72. The summed E-state index contributed by atoms with van der Waals surface area (Å²) in [4.78, 5) is 17.3. The van der Waals surface area contributed by atoms with Gasteiger partial charge in [-0.1, -0.05) is 30.1 Å². The lowest BCUT2D eigenvalue weighted by Crippen LogP contribution is -2.45. The molecule has 0 unspecified atom stereocenters. The summed E-state index contributed by atoms with van der Waals surface area (Å²) in [6.07, 6.45) is 2.05. The van der Waals surface area contributed by atoms with E-state index < -0.39 is 10.0 Å². The van der Waals surface area contributed by atoms with Crippen LogP contribution < -0.4 is 0 Å². The summed E-state index contributed by atoms with van der Waals surface area (Å²) in [6.45, 7) is 7.24. The van der Waals surface area contributed by atoms with E-state index in [1.807, 2.05) is 4.90 Å². The lowest BCUT2D eigenvalue weighted by molar-refractivity contribution is -0.136. The van der Waals surface area contributed by atoms with E-state index in [1.165, 1.54) is 16.4 Å². The zero-order valence-electron chi connectivity index (χ0n) is 16.1. The van der Waals surface area contributed by atoms with Crippen LogP contribution in [0.1, 0.15) is 26.2 Å². The van der Waals surface area contributed by atoms with Crippen LogP contribution in [0.15, 0.2) is 23.1 Å². The highest BCUT2D eigenvalue weighted by Gasteiger charge is 2.35. The molecule has 156 valence electrons. The van der Waals surface area contributed by atoms with E-state index in [4.69, 9.17) is 23.2 Å². The number of likely N-dealkylation sites (N-methyl/N-ethyl adjacent to an activating group) is 1. The van der Waals surface area contributed by atoms with Crippen LogP contribution in [-0.2, 0) is 14.8 Å². The first kappa shape index (κ1) is 21.8. The lowest BCUT2D eigenvalue weighted by Gasteiger charge is -2.33. The Balaban J connectivity index is 1.62. The topological polar surface area (TPSA) is 60.9 Å². The fourth-order valence-corrected chi connectivity index (χ4v) is 6.13. The van der Waals surface area contributed by atoms with Crippen molar-refractivity contribution in [3.05, 3.63) is 28.2 Å². The minimum Gasteiger partial charge on any atom is -0.341 e. The summed E-state index contributed by atoms with van der Waals surface area (Å²) in [7, 11) is -3.72. The van der Waals surface area contributed by atoms with E-state index >= 15 is 0 Å². The van der Waals surface area contributed by atoms with Crippen molar-refractivity contribution in [3.8, 4) is 0 Å². The summed E-state index contributed by atoms with van der Waals surface area (Å²) in [5, 5.41) is 0.489. The Bertz CT molecular complexity index is 811. The zero-order valence-corrected chi connectivity index (χ0v) is 18.4. The largest absolute Gasteiger partial charge is 0.341 e. The SMILES string of the molecule is CCN1CCCN(C(=O)C2CCN(S(=O)(=O)c3cc(Cl)ccc3Cl)CC2)CC1. The molecule has 0 saturated carbocycles. The van der Waals surface area contributed by atoms with E-state index in [-0.39, 0.29) is 21.7 Å². The number of piperidine rings is 1. The number of benzene rings is 1. The fourth-order valence-electron chi connectivity index (χ4n) is 3.92. The number of hydrogen-bond acceptors (Lipinski definition) is 4. The molecular formula is C19H27Cl2N3O3S. The number of amides is 1. The number of rotatable bonds is 4. The van der Waals surface area contributed by atoms with Crippen LogP contribution in [0.2, 0.25) is 10.0 Å². The van der Waals surface area contributed by atoms with Gasteiger partial charge in [-0.05, 0) is 50.6 Å². The monoisotopic (exact) mass is 447 g/mol. The van der Waals surface area contributed by atoms with Gasteiger partial charge in [0.1, 0.15) is 4.90 Å². The number of carbonyl (C=O) groups is 1. The van der Waals surface area contributed by atoms with Gasteiger partial charge in [-0.3, -0.25) is 4.79 Å². The highest BCUT2D eigenvalue weighted by molar-refractivity contribution is 7.89. The Labute approximate surface area is 177 Å². The molecule has 0 radical (unpaired) electrons. The van der Waals surface area contributed by atoms with Crippen molar-refractivity contribution >= 4 is 39.1 Å². The summed E-state index contributed by atoms with van der Waals surface area (Å²) in [6, 6.07) is 4.44. The second-order valence-electron chi connectivity index (χ2n) is 7.37. The molecule has 0 N–H and O–H groups in total. The predicted molar refractivity (Wildman–Crippen MR) is 111 cm³/mol. The van der Waals surface area contributed by atoms with Crippen LogP contribution in [-0.4, -0.2) is 74.2 Å². The van der Waals surface area contributed by atoms with Gasteiger partial charge in [-0.2, -0.15) is 4.31 Å². The van der Waals surface area contributed by atoms with Gasteiger partial charge in [0.2, 0.25) is 15.9 Å². The number of carbonyl (C=O) groups excluding carboxylic acids is 1. The van der Waals surface area contributed by atoms with Crippen LogP contribution in [0.4, 0.5) is 0 Å². The van der Waals surface area contributed by atoms with Crippen molar-refractivity contribution in [3.63, 3.8) is 0 Å². The first-order valence-corrected chi connectivity index (χ1v) is 12.0. The Morgan fingerprint density at radius 1 is 1.07 bits per heavy atom. The van der Waals surface area contributed by atoms with Crippen LogP contribution in [0, 0.1) is 5.92 Å². The van der Waals surface area contributed by atoms with Gasteiger partial charge in [-0.25, -0.2) is 8.42 Å². The van der Waals surface area contributed by atoms with E-state index in [0.717, 1.165) is 39.1 Å². The molecule has 3 rings (SSSR count). The van der Waals surface area contributed by atoms with Gasteiger partial charge < -0.3 is 9.80 Å². The third-order valence-electron chi connectivity index (χ3n) is 5.66. The Kier molecular flexibility index (Phi) is 7.26. The van der Waals surface area contributed by atoms with Crippen LogP contribution in [0.25, 0.3) is 0 Å². The van der Waals surface area contributed by atoms with Crippen molar-refractivity contribution in [1.82, 2.24) is 14.1 Å². The van der Waals surface area contributed by atoms with Gasteiger partial charge in [-0.15, -0.1) is 0 Å². The molecule has 0 atom stereocenters. The van der Waals surface area contributed by atoms with Gasteiger partial charge in [0, 0.05) is 43.7 Å². The van der Waals surface area contributed by atoms with Crippen LogP contribution >= 0.6 is 23.2 Å². The zero-order chi connectivity index (χ0) is 20.3. The van der Waals surface area contributed by atoms with E-state index in [9.17, 15) is 13.2 Å². The van der Waals surface area contributed by atoms with Crippen molar-refractivity contribution in [2.45, 2.75) is 31.1 Å². The molecule has 1 amide bonds. The maximum atomic E-state index is 12.9. The standard InChI is InChI=1S/C19H27Cl2N3O3S/c1-2-22-8-3-9-23(13-12-22)19(25)15-6-10-24(11-7-15)28(26,27)18-14-16(20)4-5-17(18)21/h4-5,14-15H,2-3,6-13H2,1H3. The average Bonchev–Trinajstić information content (AvgIpc) is 2.95. The predicted octanol–water partition coefficient (Wildman–Crippen LogP) is 2.95. The van der Waals surface area contributed by atoms with Crippen LogP contribution in [0.5, 0.6) is 0 Å². The number of hydrogen-bond donors (Lipinski definition) is 0. The van der Waals surface area contributed by atoms with Gasteiger partial charge >= 0.3 is 0 Å². The first-order chi connectivity index (χ1) is 13.3. The summed E-state index contributed by atoms with van der Waals surface area (Å²) in [5.41, 5.74) is 0. The second-order valence-corrected chi connectivity index (χ2v) is 10.1. The number of sulfonamides is 1. The molecule has 0 bridgehead atoms. The molecule has 28 heavy (non-hydrogen) atoms. The van der Waals surface area contributed by atoms with Crippen molar-refractivity contribution in [2.75, 3.05) is 45.8 Å². The number of halogens is 2. The molecule has 2 fully saturated rings. The molecule has 0 aromatic heterocycles. The maximum Gasteiger partial charge on any atom is 0.244 e. The Morgan fingerprint density at radius 2 is 1.79 bits per heavy atom. The Hall–Kier alpha value is -0.860. The fraction of sp³-hybridized carbons (Fsp3) is 0.632. The third-order valence-corrected chi connectivity index (χ3v) is 8.28. The second kappa shape index (κ2) is 9.30. The van der Waals surface area contributed by atoms with Gasteiger partial charge in [0.25, 0.3) is 0 Å². The molecule has 0 spiro atoms. The van der Waals surface area contributed by atoms with Gasteiger partial charge in [0.05, 0.1) is 5.02 Å². The Morgan fingerprint density at radius 3 is 2.46 bits per heavy atom. The average molecular weight is 448 g/mol. The van der Waals surface area contributed by atoms with Gasteiger partial charge in [0.15, 0.2) is 0 Å². The van der Waals surface area contributed by atoms with Crippen molar-refractivity contribution in [2.24, 2.45) is 5.92 Å². The molecule has 2 saturated heterocycles. The summed E-state index contributed by atoms with van der Waals surface area (Å²) < 4.78 is 27.3. The molecule has 1 aromatic rings. The minimum absolute atomic E-state index is 0.0265. The molecular weight excluding hydrogens is 421 g/mol. The quantitative estimate of drug-likeness (QED) is 0.711. The normalized spacial score (nSPS) is 20.9. The van der Waals surface area contributed by atoms with E-state index in [1.54, 1.807) is 6.07 Å². The lowest BCUT2D eigenvalue weighted by atomic mass is 9.96. The summed E-state index contributed by atoms with van der Waals surface area (Å²) >= 11 is 12.0. The van der Waals surface area contributed by atoms with E-state index in [2.05, 4.69) is 11.8 Å². The summed E-state index contributed by atoms with van der Waals surface area (Å²) in [5.74, 6) is 0.0465. The smallest absolute Gasteiger partial charge is 0.244 e. The third kappa shape index (κ3) is 4.82. The molecule has 2 aliphatic rings. The van der Waals surface area contributed by atoms with Crippen LogP contribution in [0.3, 0.4) is 0 Å². The molecule has 0 aliphatic carbocycles. The maximum absolute atomic E-state index is 12.9. The highest BCUT2D eigenvalue weighted by atomic mass is 35.5. The first-order valence-electron chi connectivity index (χ1n) is 9.79. The molecule has 1 aromatic carbocycles. The van der Waals surface area contributed by atoms with Crippen molar-refractivity contribution < 1.29 is 13.2 Å².